The average molecular weight is 383 g/mol. The summed E-state index contributed by atoms with van der Waals surface area (Å²) in [5.74, 6) is 0.204. The quantitative estimate of drug-likeness (QED) is 0.502. The molecule has 142 valence electrons. The van der Waals surface area contributed by atoms with E-state index in [2.05, 4.69) is 19.9 Å². The van der Waals surface area contributed by atoms with Crippen LogP contribution in [0, 0.1) is 6.92 Å². The summed E-state index contributed by atoms with van der Waals surface area (Å²) >= 11 is 0. The van der Waals surface area contributed by atoms with Gasteiger partial charge in [0.1, 0.15) is 0 Å². The maximum absolute atomic E-state index is 13.1. The Morgan fingerprint density at radius 3 is 2.52 bits per heavy atom. The number of fused-ring (bicyclic) bond motifs is 3. The van der Waals surface area contributed by atoms with Crippen LogP contribution in [0.15, 0.2) is 59.9 Å². The van der Waals surface area contributed by atoms with Crippen LogP contribution in [0.3, 0.4) is 0 Å². The first-order valence-corrected chi connectivity index (χ1v) is 9.04. The van der Waals surface area contributed by atoms with Gasteiger partial charge in [-0.05, 0) is 30.7 Å². The molecule has 0 amide bonds. The molecule has 0 radical (unpaired) electrons. The summed E-state index contributed by atoms with van der Waals surface area (Å²) in [6.07, 6.45) is 6.66. The second kappa shape index (κ2) is 6.23. The Morgan fingerprint density at radius 2 is 1.76 bits per heavy atom. The molecule has 8 nitrogen and oxygen atoms in total. The van der Waals surface area contributed by atoms with E-state index >= 15 is 0 Å². The Hall–Kier alpha value is -4.07. The van der Waals surface area contributed by atoms with Gasteiger partial charge in [0.2, 0.25) is 5.95 Å². The van der Waals surface area contributed by atoms with Gasteiger partial charge in [0.25, 0.3) is 0 Å². The van der Waals surface area contributed by atoms with E-state index in [0.29, 0.717) is 11.2 Å². The zero-order chi connectivity index (χ0) is 20.1. The summed E-state index contributed by atoms with van der Waals surface area (Å²) in [5.41, 5.74) is 11.0. The number of nitrogen functional groups attached to an aromatic ring is 1. The molecular formula is C21H17N7O. The molecule has 0 atom stereocenters. The molecule has 2 N–H and O–H groups in total. The average Bonchev–Trinajstić information content (AvgIpc) is 2.99. The first-order chi connectivity index (χ1) is 14.0. The van der Waals surface area contributed by atoms with Crippen LogP contribution in [0.2, 0.25) is 0 Å². The largest absolute Gasteiger partial charge is 0.368 e. The van der Waals surface area contributed by atoms with Crippen molar-refractivity contribution in [3.63, 3.8) is 0 Å². The number of imidazole rings is 1. The highest BCUT2D eigenvalue weighted by atomic mass is 16.1. The fourth-order valence-electron chi connectivity index (χ4n) is 3.53. The Balaban J connectivity index is 1.88. The van der Waals surface area contributed by atoms with Crippen molar-refractivity contribution in [1.82, 2.24) is 29.1 Å². The number of aromatic nitrogens is 6. The lowest BCUT2D eigenvalue weighted by Gasteiger charge is -2.08. The van der Waals surface area contributed by atoms with E-state index in [4.69, 9.17) is 5.73 Å². The normalized spacial score (nSPS) is 11.4. The van der Waals surface area contributed by atoms with Gasteiger partial charge in [-0.25, -0.2) is 14.8 Å². The number of hydrogen-bond donors (Lipinski definition) is 1. The number of nitrogens with zero attached hydrogens (tertiary/aromatic N) is 6. The maximum Gasteiger partial charge on any atom is 0.333 e. The molecule has 29 heavy (non-hydrogen) atoms. The zero-order valence-corrected chi connectivity index (χ0v) is 15.9. The zero-order valence-electron chi connectivity index (χ0n) is 15.9. The second-order valence-corrected chi connectivity index (χ2v) is 6.92. The van der Waals surface area contributed by atoms with Crippen molar-refractivity contribution in [3.05, 3.63) is 71.2 Å². The maximum atomic E-state index is 13.1. The molecule has 4 heterocycles. The molecule has 8 heteroatoms. The van der Waals surface area contributed by atoms with Crippen molar-refractivity contribution < 1.29 is 0 Å². The van der Waals surface area contributed by atoms with Crippen molar-refractivity contribution in [2.24, 2.45) is 7.05 Å². The molecule has 0 saturated heterocycles. The van der Waals surface area contributed by atoms with E-state index in [0.717, 1.165) is 33.2 Å². The number of rotatable bonds is 2. The number of hydrogen-bond acceptors (Lipinski definition) is 6. The molecule has 0 aliphatic rings. The van der Waals surface area contributed by atoms with Crippen molar-refractivity contribution in [3.8, 4) is 16.9 Å². The van der Waals surface area contributed by atoms with E-state index in [9.17, 15) is 4.79 Å². The van der Waals surface area contributed by atoms with E-state index in [1.165, 1.54) is 0 Å². The molecule has 0 aliphatic carbocycles. The van der Waals surface area contributed by atoms with Crippen LogP contribution < -0.4 is 11.4 Å². The number of pyridine rings is 2. The number of anilines is 1. The van der Waals surface area contributed by atoms with Gasteiger partial charge < -0.3 is 5.73 Å². The highest BCUT2D eigenvalue weighted by Crippen LogP contribution is 2.28. The fraction of sp³-hybridized carbons (Fsp3) is 0.0952. The lowest BCUT2D eigenvalue weighted by atomic mass is 10.1. The van der Waals surface area contributed by atoms with Crippen LogP contribution in [-0.2, 0) is 7.05 Å². The Bertz CT molecular complexity index is 1450. The van der Waals surface area contributed by atoms with Crippen molar-refractivity contribution >= 4 is 27.9 Å². The summed E-state index contributed by atoms with van der Waals surface area (Å²) in [7, 11) is 1.75. The summed E-state index contributed by atoms with van der Waals surface area (Å²) in [4.78, 5) is 30.1. The number of aryl methyl sites for hydroxylation is 2. The van der Waals surface area contributed by atoms with Crippen molar-refractivity contribution in [2.45, 2.75) is 6.92 Å². The van der Waals surface area contributed by atoms with Crippen LogP contribution in [0.1, 0.15) is 5.56 Å². The third kappa shape index (κ3) is 2.65. The molecule has 0 unspecified atom stereocenters. The highest BCUT2D eigenvalue weighted by molar-refractivity contribution is 6.04. The highest BCUT2D eigenvalue weighted by Gasteiger charge is 2.17. The van der Waals surface area contributed by atoms with E-state index < -0.39 is 0 Å². The number of nitrogens with two attached hydrogens (primary N) is 1. The van der Waals surface area contributed by atoms with Crippen molar-refractivity contribution in [1.29, 1.82) is 0 Å². The van der Waals surface area contributed by atoms with Crippen LogP contribution >= 0.6 is 0 Å². The molecule has 1 aromatic carbocycles. The first-order valence-electron chi connectivity index (χ1n) is 9.04. The van der Waals surface area contributed by atoms with Crippen molar-refractivity contribution in [2.75, 3.05) is 5.73 Å². The van der Waals surface area contributed by atoms with Gasteiger partial charge in [0.15, 0.2) is 0 Å². The molecule has 0 bridgehead atoms. The smallest absolute Gasteiger partial charge is 0.333 e. The lowest BCUT2D eigenvalue weighted by molar-refractivity contribution is 0.845. The second-order valence-electron chi connectivity index (χ2n) is 6.92. The van der Waals surface area contributed by atoms with Gasteiger partial charge in [-0.15, -0.1) is 0 Å². The lowest BCUT2D eigenvalue weighted by Crippen LogP contribution is -2.20. The molecular weight excluding hydrogens is 366 g/mol. The Morgan fingerprint density at radius 1 is 0.966 bits per heavy atom. The Kier molecular flexibility index (Phi) is 3.67. The predicted octanol–water partition coefficient (Wildman–Crippen LogP) is 2.62. The third-order valence-electron chi connectivity index (χ3n) is 5.00. The molecule has 5 aromatic rings. The van der Waals surface area contributed by atoms with Gasteiger partial charge >= 0.3 is 5.69 Å². The van der Waals surface area contributed by atoms with Crippen LogP contribution in [0.25, 0.3) is 38.9 Å². The summed E-state index contributed by atoms with van der Waals surface area (Å²) in [6.45, 7) is 2.00. The minimum absolute atomic E-state index is 0.130. The van der Waals surface area contributed by atoms with E-state index in [1.54, 1.807) is 41.0 Å². The van der Waals surface area contributed by atoms with Gasteiger partial charge in [-0.3, -0.25) is 19.1 Å². The molecule has 5 rings (SSSR count). The molecule has 4 aromatic heterocycles. The predicted molar refractivity (Wildman–Crippen MR) is 112 cm³/mol. The van der Waals surface area contributed by atoms with E-state index in [1.807, 2.05) is 37.3 Å². The SMILES string of the molecule is Cc1cccc(-n2c(=O)n(C)c3cnc4cnc(-c5cnc(N)nc5)cc4c32)c1. The molecule has 0 saturated carbocycles. The third-order valence-corrected chi connectivity index (χ3v) is 5.00. The summed E-state index contributed by atoms with van der Waals surface area (Å²) < 4.78 is 3.33. The molecule has 0 spiro atoms. The molecule has 0 fully saturated rings. The summed E-state index contributed by atoms with van der Waals surface area (Å²) in [5, 5.41) is 0.823. The minimum Gasteiger partial charge on any atom is -0.368 e. The molecule has 0 aliphatic heterocycles. The van der Waals surface area contributed by atoms with Crippen LogP contribution in [0.5, 0.6) is 0 Å². The van der Waals surface area contributed by atoms with E-state index in [-0.39, 0.29) is 11.6 Å². The number of benzene rings is 1. The summed E-state index contributed by atoms with van der Waals surface area (Å²) in [6, 6.07) is 9.77. The van der Waals surface area contributed by atoms with Crippen LogP contribution in [0.4, 0.5) is 5.95 Å². The van der Waals surface area contributed by atoms with Crippen LogP contribution in [-0.4, -0.2) is 29.1 Å². The fourth-order valence-corrected chi connectivity index (χ4v) is 3.53. The van der Waals surface area contributed by atoms with Gasteiger partial charge in [-0.1, -0.05) is 12.1 Å². The first kappa shape index (κ1) is 17.1. The standard InChI is InChI=1S/C21H17N7O/c1-12-4-3-5-14(6-12)28-19-15-7-16(13-8-25-20(22)26-9-13)23-10-17(15)24-11-18(19)27(2)21(28)29/h3-11H,1-2H3,(H2,22,25,26). The van der Waals surface area contributed by atoms with Gasteiger partial charge in [0.05, 0.1) is 40.3 Å². The van der Waals surface area contributed by atoms with Gasteiger partial charge in [-0.2, -0.15) is 0 Å². The Labute approximate surface area is 165 Å². The topological polar surface area (TPSA) is 105 Å². The monoisotopic (exact) mass is 383 g/mol. The van der Waals surface area contributed by atoms with Gasteiger partial charge in [0, 0.05) is 30.4 Å². The minimum atomic E-state index is -0.130.